The normalized spacial score (nSPS) is 16.9. The van der Waals surface area contributed by atoms with E-state index in [-0.39, 0.29) is 12.7 Å². The van der Waals surface area contributed by atoms with Gasteiger partial charge in [0.05, 0.1) is 5.69 Å². The maximum Gasteiger partial charge on any atom is 0.269 e. The predicted molar refractivity (Wildman–Crippen MR) is 79.9 cm³/mol. The molecule has 1 aliphatic heterocycles. The Morgan fingerprint density at radius 1 is 1.18 bits per heavy atom. The Bertz CT molecular complexity index is 704. The molecule has 1 saturated carbocycles. The van der Waals surface area contributed by atoms with Gasteiger partial charge in [0.2, 0.25) is 6.79 Å². The molecule has 1 aliphatic carbocycles. The van der Waals surface area contributed by atoms with Crippen molar-refractivity contribution in [2.45, 2.75) is 31.7 Å². The first-order valence-electron chi connectivity index (χ1n) is 7.56. The number of hydrogen-bond acceptors (Lipinski definition) is 4. The monoisotopic (exact) mass is 299 g/mol. The van der Waals surface area contributed by atoms with Crippen molar-refractivity contribution in [3.63, 3.8) is 0 Å². The number of hydrogen-bond donors (Lipinski definition) is 2. The highest BCUT2D eigenvalue weighted by Gasteiger charge is 2.20. The second-order valence-electron chi connectivity index (χ2n) is 5.69. The fraction of sp³-hybridized carbons (Fsp3) is 0.375. The highest BCUT2D eigenvalue weighted by atomic mass is 16.7. The third-order valence-corrected chi connectivity index (χ3v) is 4.18. The van der Waals surface area contributed by atoms with E-state index in [1.54, 1.807) is 6.07 Å². The van der Waals surface area contributed by atoms with E-state index in [9.17, 15) is 4.79 Å². The molecule has 4 rings (SSSR count). The van der Waals surface area contributed by atoms with Crippen LogP contribution < -0.4 is 14.8 Å². The van der Waals surface area contributed by atoms with Crippen LogP contribution in [0.3, 0.4) is 0 Å². The summed E-state index contributed by atoms with van der Waals surface area (Å²) >= 11 is 0. The number of amides is 1. The maximum absolute atomic E-state index is 12.2. The summed E-state index contributed by atoms with van der Waals surface area (Å²) < 4.78 is 10.7. The zero-order valence-corrected chi connectivity index (χ0v) is 12.1. The van der Waals surface area contributed by atoms with Gasteiger partial charge in [-0.3, -0.25) is 9.89 Å². The molecule has 0 spiro atoms. The van der Waals surface area contributed by atoms with Crippen LogP contribution in [0.25, 0.3) is 11.3 Å². The number of nitrogens with one attached hydrogen (secondary N) is 2. The third-order valence-electron chi connectivity index (χ3n) is 4.18. The van der Waals surface area contributed by atoms with Crippen LogP contribution in [0.2, 0.25) is 0 Å². The number of aromatic nitrogens is 2. The summed E-state index contributed by atoms with van der Waals surface area (Å²) in [7, 11) is 0. The molecule has 0 atom stereocenters. The van der Waals surface area contributed by atoms with E-state index >= 15 is 0 Å². The maximum atomic E-state index is 12.2. The van der Waals surface area contributed by atoms with Gasteiger partial charge < -0.3 is 14.8 Å². The van der Waals surface area contributed by atoms with Crippen molar-refractivity contribution >= 4 is 5.91 Å². The Morgan fingerprint density at radius 3 is 2.86 bits per heavy atom. The SMILES string of the molecule is O=C(NC1CCCC1)c1cc(-c2ccc3c(c2)OCO3)n[nH]1. The number of carbonyl (C=O) groups excluding carboxylic acids is 1. The minimum Gasteiger partial charge on any atom is -0.454 e. The summed E-state index contributed by atoms with van der Waals surface area (Å²) in [6, 6.07) is 7.69. The lowest BCUT2D eigenvalue weighted by atomic mass is 10.1. The quantitative estimate of drug-likeness (QED) is 0.913. The number of aromatic amines is 1. The van der Waals surface area contributed by atoms with Crippen LogP contribution in [0.1, 0.15) is 36.2 Å². The van der Waals surface area contributed by atoms with Gasteiger partial charge in [0.15, 0.2) is 11.5 Å². The fourth-order valence-electron chi connectivity index (χ4n) is 2.98. The molecule has 2 heterocycles. The van der Waals surface area contributed by atoms with Crippen molar-refractivity contribution in [3.05, 3.63) is 30.0 Å². The second-order valence-corrected chi connectivity index (χ2v) is 5.69. The van der Waals surface area contributed by atoms with E-state index in [1.807, 2.05) is 18.2 Å². The number of nitrogens with zero attached hydrogens (tertiary/aromatic N) is 1. The number of ether oxygens (including phenoxy) is 2. The van der Waals surface area contributed by atoms with E-state index < -0.39 is 0 Å². The molecule has 1 fully saturated rings. The molecule has 6 nitrogen and oxygen atoms in total. The van der Waals surface area contributed by atoms with Crippen molar-refractivity contribution < 1.29 is 14.3 Å². The first-order chi connectivity index (χ1) is 10.8. The first kappa shape index (κ1) is 13.2. The lowest BCUT2D eigenvalue weighted by Crippen LogP contribution is -2.32. The molecule has 1 aromatic carbocycles. The van der Waals surface area contributed by atoms with E-state index in [1.165, 1.54) is 12.8 Å². The summed E-state index contributed by atoms with van der Waals surface area (Å²) in [5.74, 6) is 1.35. The molecule has 22 heavy (non-hydrogen) atoms. The van der Waals surface area contributed by atoms with Crippen molar-refractivity contribution in [2.75, 3.05) is 6.79 Å². The van der Waals surface area contributed by atoms with Gasteiger partial charge in [-0.05, 0) is 37.1 Å². The van der Waals surface area contributed by atoms with E-state index in [0.29, 0.717) is 17.5 Å². The van der Waals surface area contributed by atoms with Gasteiger partial charge >= 0.3 is 0 Å². The van der Waals surface area contributed by atoms with Crippen molar-refractivity contribution in [1.29, 1.82) is 0 Å². The average molecular weight is 299 g/mol. The van der Waals surface area contributed by atoms with Crippen molar-refractivity contribution in [2.24, 2.45) is 0 Å². The largest absolute Gasteiger partial charge is 0.454 e. The van der Waals surface area contributed by atoms with E-state index in [2.05, 4.69) is 15.5 Å². The van der Waals surface area contributed by atoms with E-state index in [0.717, 1.165) is 29.8 Å². The summed E-state index contributed by atoms with van der Waals surface area (Å²) in [6.45, 7) is 0.244. The molecule has 0 bridgehead atoms. The van der Waals surface area contributed by atoms with Crippen molar-refractivity contribution in [3.8, 4) is 22.8 Å². The first-order valence-corrected chi connectivity index (χ1v) is 7.56. The highest BCUT2D eigenvalue weighted by molar-refractivity contribution is 5.93. The Labute approximate surface area is 127 Å². The number of fused-ring (bicyclic) bond motifs is 1. The molecule has 2 aromatic rings. The molecule has 0 saturated heterocycles. The number of carbonyl (C=O) groups is 1. The molecule has 2 aliphatic rings. The van der Waals surface area contributed by atoms with Gasteiger partial charge in [0.1, 0.15) is 5.69 Å². The number of H-pyrrole nitrogens is 1. The van der Waals surface area contributed by atoms with Gasteiger partial charge in [-0.1, -0.05) is 12.8 Å². The van der Waals surface area contributed by atoms with Gasteiger partial charge in [-0.25, -0.2) is 0 Å². The zero-order valence-electron chi connectivity index (χ0n) is 12.1. The number of rotatable bonds is 3. The van der Waals surface area contributed by atoms with Gasteiger partial charge in [0.25, 0.3) is 5.91 Å². The van der Waals surface area contributed by atoms with Crippen LogP contribution >= 0.6 is 0 Å². The molecule has 1 aromatic heterocycles. The van der Waals surface area contributed by atoms with Crippen LogP contribution in [0.15, 0.2) is 24.3 Å². The van der Waals surface area contributed by atoms with Crippen molar-refractivity contribution in [1.82, 2.24) is 15.5 Å². The topological polar surface area (TPSA) is 76.2 Å². The smallest absolute Gasteiger partial charge is 0.269 e. The third kappa shape index (κ3) is 2.41. The van der Waals surface area contributed by atoms with Crippen LogP contribution in [0, 0.1) is 0 Å². The van der Waals surface area contributed by atoms with Gasteiger partial charge in [-0.15, -0.1) is 0 Å². The molecule has 2 N–H and O–H groups in total. The average Bonchev–Trinajstić information content (AvgIpc) is 3.27. The number of benzene rings is 1. The predicted octanol–water partition coefficient (Wildman–Crippen LogP) is 2.48. The summed E-state index contributed by atoms with van der Waals surface area (Å²) in [5.41, 5.74) is 2.09. The molecule has 114 valence electrons. The summed E-state index contributed by atoms with van der Waals surface area (Å²) in [4.78, 5) is 12.2. The Kier molecular flexibility index (Phi) is 3.21. The summed E-state index contributed by atoms with van der Waals surface area (Å²) in [5, 5.41) is 10.1. The Morgan fingerprint density at radius 2 is 2.00 bits per heavy atom. The minimum absolute atomic E-state index is 0.0913. The lowest BCUT2D eigenvalue weighted by Gasteiger charge is -2.10. The Balaban J connectivity index is 1.52. The second kappa shape index (κ2) is 5.36. The van der Waals surface area contributed by atoms with Gasteiger partial charge in [-0.2, -0.15) is 5.10 Å². The fourth-order valence-corrected chi connectivity index (χ4v) is 2.98. The molecule has 1 amide bonds. The van der Waals surface area contributed by atoms with E-state index in [4.69, 9.17) is 9.47 Å². The van der Waals surface area contributed by atoms with Crippen LogP contribution in [-0.4, -0.2) is 28.9 Å². The van der Waals surface area contributed by atoms with Crippen LogP contribution in [-0.2, 0) is 0 Å². The Hall–Kier alpha value is -2.50. The molecule has 0 unspecified atom stereocenters. The zero-order chi connectivity index (χ0) is 14.9. The molecular weight excluding hydrogens is 282 g/mol. The minimum atomic E-state index is -0.0913. The lowest BCUT2D eigenvalue weighted by molar-refractivity contribution is 0.0933. The van der Waals surface area contributed by atoms with Gasteiger partial charge in [0, 0.05) is 11.6 Å². The highest BCUT2D eigenvalue weighted by Crippen LogP contribution is 2.35. The summed E-state index contributed by atoms with van der Waals surface area (Å²) in [6.07, 6.45) is 4.51. The van der Waals surface area contributed by atoms with Crippen LogP contribution in [0.5, 0.6) is 11.5 Å². The van der Waals surface area contributed by atoms with Crippen LogP contribution in [0.4, 0.5) is 0 Å². The molecule has 0 radical (unpaired) electrons. The molecular formula is C16H17N3O3. The molecule has 6 heteroatoms. The standard InChI is InChI=1S/C16H17N3O3/c20-16(17-11-3-1-2-4-11)13-8-12(18-19-13)10-5-6-14-15(7-10)22-9-21-14/h5-8,11H,1-4,9H2,(H,17,20)(H,18,19).